The highest BCUT2D eigenvalue weighted by atomic mass is 14.1. The van der Waals surface area contributed by atoms with E-state index >= 15 is 0 Å². The first-order chi connectivity index (χ1) is 5.61. The molecule has 1 aromatic rings. The molecule has 1 rings (SSSR count). The lowest BCUT2D eigenvalue weighted by Crippen LogP contribution is -1.90. The molecule has 0 nitrogen and oxygen atoms in total. The molecule has 0 bridgehead atoms. The second-order valence-corrected chi connectivity index (χ2v) is 3.47. The molecule has 0 saturated heterocycles. The molecule has 0 saturated carbocycles. The van der Waals surface area contributed by atoms with Gasteiger partial charge >= 0.3 is 0 Å². The third-order valence-electron chi connectivity index (χ3n) is 2.07. The zero-order valence-corrected chi connectivity index (χ0v) is 7.88. The second-order valence-electron chi connectivity index (χ2n) is 3.47. The molecule has 0 spiro atoms. The molecule has 12 heavy (non-hydrogen) atoms. The van der Waals surface area contributed by atoms with Crippen molar-refractivity contribution in [3.8, 4) is 0 Å². The van der Waals surface area contributed by atoms with Gasteiger partial charge in [-0.15, -0.1) is 0 Å². The van der Waals surface area contributed by atoms with Gasteiger partial charge in [-0.05, 0) is 36.8 Å². The molecular formula is C12H16. The van der Waals surface area contributed by atoms with Crippen LogP contribution in [0.15, 0.2) is 24.3 Å². The van der Waals surface area contributed by atoms with Crippen molar-refractivity contribution in [2.75, 3.05) is 0 Å². The van der Waals surface area contributed by atoms with Gasteiger partial charge in [0, 0.05) is 0 Å². The highest BCUT2D eigenvalue weighted by Crippen LogP contribution is 2.18. The molecule has 0 N–H and O–H groups in total. The topological polar surface area (TPSA) is 0 Å². The Labute approximate surface area is 75.6 Å². The molecule has 0 fully saturated rings. The highest BCUT2D eigenvalue weighted by Gasteiger charge is 2.00. The molecule has 2 atom stereocenters. The van der Waals surface area contributed by atoms with E-state index in [1.54, 1.807) is 0 Å². The van der Waals surface area contributed by atoms with Gasteiger partial charge in [-0.2, -0.15) is 0 Å². The number of hydrogen-bond acceptors (Lipinski definition) is 0. The standard InChI is InChI=1S/C12H16/c1-9(2)11-5-7-12(8-6-11)10(3)4/h5-10H,1,3H2,2,4H3. The third kappa shape index (κ3) is 2.10. The molecule has 0 aliphatic carbocycles. The molecule has 0 aliphatic rings. The van der Waals surface area contributed by atoms with Crippen LogP contribution in [0.5, 0.6) is 0 Å². The van der Waals surface area contributed by atoms with Crippen molar-refractivity contribution in [1.29, 1.82) is 0 Å². The molecule has 2 unspecified atom stereocenters. The zero-order valence-electron chi connectivity index (χ0n) is 7.88. The Balaban J connectivity index is 2.86. The van der Waals surface area contributed by atoms with Gasteiger partial charge in [-0.3, -0.25) is 0 Å². The Bertz CT molecular complexity index is 202. The second kappa shape index (κ2) is 3.75. The van der Waals surface area contributed by atoms with Crippen molar-refractivity contribution in [2.24, 2.45) is 0 Å². The minimum Gasteiger partial charge on any atom is -0.0585 e. The number of rotatable bonds is 2. The van der Waals surface area contributed by atoms with Crippen LogP contribution < -0.4 is 0 Å². The Kier molecular flexibility index (Phi) is 2.91. The van der Waals surface area contributed by atoms with Crippen LogP contribution in [0.1, 0.15) is 36.8 Å². The van der Waals surface area contributed by atoms with Gasteiger partial charge in [-0.25, -0.2) is 0 Å². The van der Waals surface area contributed by atoms with Crippen molar-refractivity contribution >= 4 is 0 Å². The summed E-state index contributed by atoms with van der Waals surface area (Å²) in [5, 5.41) is 0. The van der Waals surface area contributed by atoms with Crippen LogP contribution >= 0.6 is 0 Å². The zero-order chi connectivity index (χ0) is 9.14. The van der Waals surface area contributed by atoms with Crippen LogP contribution in [0.25, 0.3) is 0 Å². The first-order valence-corrected chi connectivity index (χ1v) is 4.37. The van der Waals surface area contributed by atoms with E-state index in [0.29, 0.717) is 11.8 Å². The van der Waals surface area contributed by atoms with E-state index in [4.69, 9.17) is 0 Å². The van der Waals surface area contributed by atoms with Gasteiger partial charge in [0.25, 0.3) is 0 Å². The van der Waals surface area contributed by atoms with Crippen LogP contribution in [0.2, 0.25) is 0 Å². The van der Waals surface area contributed by atoms with E-state index in [1.165, 1.54) is 11.1 Å². The summed E-state index contributed by atoms with van der Waals surface area (Å²) in [6.07, 6.45) is 0. The third-order valence-corrected chi connectivity index (χ3v) is 2.07. The van der Waals surface area contributed by atoms with Crippen LogP contribution in [0.3, 0.4) is 0 Å². The van der Waals surface area contributed by atoms with Crippen LogP contribution in [-0.2, 0) is 0 Å². The first kappa shape index (κ1) is 9.31. The van der Waals surface area contributed by atoms with Crippen LogP contribution in [0, 0.1) is 13.8 Å². The highest BCUT2D eigenvalue weighted by molar-refractivity contribution is 5.27. The maximum Gasteiger partial charge on any atom is -0.0190 e. The van der Waals surface area contributed by atoms with E-state index in [1.807, 2.05) is 0 Å². The number of hydrogen-bond donors (Lipinski definition) is 0. The SMILES string of the molecule is [CH2]C(C)c1ccc(C([CH2])C)cc1. The van der Waals surface area contributed by atoms with Gasteiger partial charge in [-0.1, -0.05) is 38.1 Å². The predicted molar refractivity (Wildman–Crippen MR) is 54.0 cm³/mol. The lowest BCUT2D eigenvalue weighted by atomic mass is 9.97. The summed E-state index contributed by atoms with van der Waals surface area (Å²) < 4.78 is 0. The molecule has 0 heteroatoms. The summed E-state index contributed by atoms with van der Waals surface area (Å²) in [7, 11) is 0. The van der Waals surface area contributed by atoms with Crippen molar-refractivity contribution in [1.82, 2.24) is 0 Å². The van der Waals surface area contributed by atoms with E-state index in [-0.39, 0.29) is 0 Å². The quantitative estimate of drug-likeness (QED) is 0.620. The molecular weight excluding hydrogens is 144 g/mol. The smallest absolute Gasteiger partial charge is 0.0190 e. The average molecular weight is 160 g/mol. The molecule has 0 aliphatic heterocycles. The summed E-state index contributed by atoms with van der Waals surface area (Å²) in [5.74, 6) is 0.748. The van der Waals surface area contributed by atoms with E-state index in [2.05, 4.69) is 52.0 Å². The fraction of sp³-hybridized carbons (Fsp3) is 0.333. The fourth-order valence-electron chi connectivity index (χ4n) is 1.15. The minimum atomic E-state index is 0.374. The van der Waals surface area contributed by atoms with E-state index in [9.17, 15) is 0 Å². The molecule has 0 heterocycles. The summed E-state index contributed by atoms with van der Waals surface area (Å²) in [6, 6.07) is 8.53. The summed E-state index contributed by atoms with van der Waals surface area (Å²) in [5.41, 5.74) is 2.58. The van der Waals surface area contributed by atoms with Crippen molar-refractivity contribution in [2.45, 2.75) is 25.7 Å². The van der Waals surface area contributed by atoms with E-state index < -0.39 is 0 Å². The van der Waals surface area contributed by atoms with Crippen molar-refractivity contribution < 1.29 is 0 Å². The normalized spacial score (nSPS) is 11.2. The first-order valence-electron chi connectivity index (χ1n) is 4.37. The molecule has 64 valence electrons. The average Bonchev–Trinajstić information content (AvgIpc) is 2.04. The monoisotopic (exact) mass is 160 g/mol. The maximum absolute atomic E-state index is 3.97. The molecule has 0 amide bonds. The maximum atomic E-state index is 3.97. The van der Waals surface area contributed by atoms with Gasteiger partial charge < -0.3 is 0 Å². The van der Waals surface area contributed by atoms with Crippen LogP contribution in [0.4, 0.5) is 0 Å². The number of benzene rings is 1. The molecule has 1 aromatic carbocycles. The summed E-state index contributed by atoms with van der Waals surface area (Å²) in [4.78, 5) is 0. The summed E-state index contributed by atoms with van der Waals surface area (Å²) >= 11 is 0. The van der Waals surface area contributed by atoms with Gasteiger partial charge in [0.05, 0.1) is 0 Å². The van der Waals surface area contributed by atoms with Crippen LogP contribution in [-0.4, -0.2) is 0 Å². The Morgan fingerprint density at radius 3 is 1.25 bits per heavy atom. The van der Waals surface area contributed by atoms with Gasteiger partial charge in [0.15, 0.2) is 0 Å². The Morgan fingerprint density at radius 2 is 1.08 bits per heavy atom. The Hall–Kier alpha value is -0.780. The molecule has 0 aromatic heterocycles. The summed E-state index contributed by atoms with van der Waals surface area (Å²) in [6.45, 7) is 12.1. The lowest BCUT2D eigenvalue weighted by molar-refractivity contribution is 0.937. The Morgan fingerprint density at radius 1 is 0.833 bits per heavy atom. The minimum absolute atomic E-state index is 0.374. The van der Waals surface area contributed by atoms with Gasteiger partial charge in [0.2, 0.25) is 0 Å². The van der Waals surface area contributed by atoms with E-state index in [0.717, 1.165) is 0 Å². The fourth-order valence-corrected chi connectivity index (χ4v) is 1.15. The largest absolute Gasteiger partial charge is 0.0585 e. The predicted octanol–water partition coefficient (Wildman–Crippen LogP) is 3.56. The molecule has 2 radical (unpaired) electrons. The van der Waals surface area contributed by atoms with Gasteiger partial charge in [0.1, 0.15) is 0 Å². The van der Waals surface area contributed by atoms with Crippen molar-refractivity contribution in [3.63, 3.8) is 0 Å². The van der Waals surface area contributed by atoms with Crippen molar-refractivity contribution in [3.05, 3.63) is 49.2 Å². The lowest BCUT2D eigenvalue weighted by Gasteiger charge is -2.08.